The number of anilines is 1. The van der Waals surface area contributed by atoms with Crippen molar-refractivity contribution in [1.29, 1.82) is 0 Å². The van der Waals surface area contributed by atoms with Gasteiger partial charge in [0.05, 0.1) is 10.6 Å². The maximum Gasteiger partial charge on any atom is 0.246 e. The van der Waals surface area contributed by atoms with E-state index in [1.165, 1.54) is 11.0 Å². The van der Waals surface area contributed by atoms with E-state index >= 15 is 0 Å². The van der Waals surface area contributed by atoms with Crippen LogP contribution in [0.2, 0.25) is 0 Å². The molecule has 1 aliphatic rings. The minimum Gasteiger partial charge on any atom is -0.330 e. The van der Waals surface area contributed by atoms with Gasteiger partial charge in [0.1, 0.15) is 6.54 Å². The van der Waals surface area contributed by atoms with Crippen LogP contribution in [0.1, 0.15) is 12.5 Å². The van der Waals surface area contributed by atoms with Crippen LogP contribution in [-0.2, 0) is 25.8 Å². The number of fused-ring (bicyclic) bond motifs is 1. The van der Waals surface area contributed by atoms with Crippen LogP contribution in [0.5, 0.6) is 0 Å². The van der Waals surface area contributed by atoms with Gasteiger partial charge in [-0.05, 0) is 37.1 Å². The lowest BCUT2D eigenvalue weighted by Gasteiger charge is -2.18. The average molecular weight is 322 g/mol. The van der Waals surface area contributed by atoms with Crippen molar-refractivity contribution in [3.05, 3.63) is 36.4 Å². The predicted molar refractivity (Wildman–Crippen MR) is 83.3 cm³/mol. The molecule has 2 amide bonds. The Morgan fingerprint density at radius 3 is 2.77 bits per heavy atom. The summed E-state index contributed by atoms with van der Waals surface area (Å²) in [5.74, 6) is -0.599. The molecule has 0 unspecified atom stereocenters. The molecular formula is C15H18N2O4S. The first-order valence-corrected chi connectivity index (χ1v) is 8.59. The third-order valence-electron chi connectivity index (χ3n) is 3.53. The second-order valence-corrected chi connectivity index (χ2v) is 7.07. The molecule has 1 aliphatic heterocycles. The number of rotatable bonds is 5. The van der Waals surface area contributed by atoms with E-state index in [0.717, 1.165) is 11.6 Å². The van der Waals surface area contributed by atoms with E-state index in [1.54, 1.807) is 19.1 Å². The van der Waals surface area contributed by atoms with Gasteiger partial charge in [-0.15, -0.1) is 0 Å². The Morgan fingerprint density at radius 1 is 1.41 bits per heavy atom. The van der Waals surface area contributed by atoms with Crippen molar-refractivity contribution < 1.29 is 18.0 Å². The van der Waals surface area contributed by atoms with Crippen molar-refractivity contribution in [2.45, 2.75) is 18.2 Å². The van der Waals surface area contributed by atoms with Crippen LogP contribution in [0.15, 0.2) is 35.7 Å². The number of nitrogens with one attached hydrogen (secondary N) is 1. The molecule has 0 bridgehead atoms. The summed E-state index contributed by atoms with van der Waals surface area (Å²) < 4.78 is 23.7. The number of benzene rings is 1. The number of carbonyl (C=O) groups excluding carboxylic acids is 2. The van der Waals surface area contributed by atoms with E-state index in [0.29, 0.717) is 18.7 Å². The van der Waals surface area contributed by atoms with Gasteiger partial charge in [0, 0.05) is 12.2 Å². The molecule has 0 aliphatic carbocycles. The summed E-state index contributed by atoms with van der Waals surface area (Å²) in [4.78, 5) is 25.1. The summed E-state index contributed by atoms with van der Waals surface area (Å²) in [5, 5.41) is 2.62. The van der Waals surface area contributed by atoms with Gasteiger partial charge in [-0.3, -0.25) is 9.59 Å². The largest absolute Gasteiger partial charge is 0.330 e. The summed E-state index contributed by atoms with van der Waals surface area (Å²) in [6.45, 7) is 5.43. The topological polar surface area (TPSA) is 83.6 Å². The fourth-order valence-electron chi connectivity index (χ4n) is 2.33. The first-order valence-electron chi connectivity index (χ1n) is 6.94. The van der Waals surface area contributed by atoms with Crippen molar-refractivity contribution in [2.24, 2.45) is 0 Å². The molecule has 6 nitrogen and oxygen atoms in total. The number of nitrogens with zero attached hydrogens (tertiary/aromatic N) is 1. The first kappa shape index (κ1) is 16.2. The lowest BCUT2D eigenvalue weighted by molar-refractivity contribution is -0.130. The Kier molecular flexibility index (Phi) is 4.65. The van der Waals surface area contributed by atoms with Gasteiger partial charge in [0.25, 0.3) is 0 Å². The number of carbonyl (C=O) groups is 2. The van der Waals surface area contributed by atoms with Crippen LogP contribution in [0.4, 0.5) is 5.69 Å². The molecule has 118 valence electrons. The molecule has 2 rings (SSSR count). The molecule has 0 radical (unpaired) electrons. The first-order chi connectivity index (χ1) is 10.4. The van der Waals surface area contributed by atoms with Crippen LogP contribution < -0.4 is 5.32 Å². The van der Waals surface area contributed by atoms with Crippen molar-refractivity contribution in [2.75, 3.05) is 24.2 Å². The molecule has 0 atom stereocenters. The lowest BCUT2D eigenvalue weighted by atomic mass is 10.1. The molecule has 1 heterocycles. The third-order valence-corrected chi connectivity index (χ3v) is 5.32. The van der Waals surface area contributed by atoms with Gasteiger partial charge in [0.2, 0.25) is 11.8 Å². The number of sulfone groups is 1. The number of aryl methyl sites for hydroxylation is 1. The summed E-state index contributed by atoms with van der Waals surface area (Å²) >= 11 is 0. The highest BCUT2D eigenvalue weighted by Crippen LogP contribution is 2.28. The number of hydrogen-bond donors (Lipinski definition) is 1. The third kappa shape index (κ3) is 3.36. The zero-order valence-electron chi connectivity index (χ0n) is 12.3. The molecule has 1 N–H and O–H groups in total. The van der Waals surface area contributed by atoms with E-state index in [2.05, 4.69) is 11.9 Å². The van der Waals surface area contributed by atoms with Crippen LogP contribution in [0.25, 0.3) is 0 Å². The monoisotopic (exact) mass is 322 g/mol. The minimum absolute atomic E-state index is 0.106. The fraction of sp³-hybridized carbons (Fsp3) is 0.333. The van der Waals surface area contributed by atoms with E-state index in [-0.39, 0.29) is 29.0 Å². The molecule has 7 heteroatoms. The highest BCUT2D eigenvalue weighted by atomic mass is 32.2. The zero-order chi connectivity index (χ0) is 16.3. The maximum absolute atomic E-state index is 12.0. The Bertz CT molecular complexity index is 725. The van der Waals surface area contributed by atoms with Crippen LogP contribution in [0, 0.1) is 0 Å². The van der Waals surface area contributed by atoms with E-state index in [9.17, 15) is 18.0 Å². The Labute approximate surface area is 129 Å². The SMILES string of the molecule is C=CC(=O)N(CC)CC(=O)Nc1ccc2c(c1)S(=O)(=O)CC2. The molecular weight excluding hydrogens is 304 g/mol. The van der Waals surface area contributed by atoms with Crippen molar-refractivity contribution in [1.82, 2.24) is 4.90 Å². The highest BCUT2D eigenvalue weighted by Gasteiger charge is 2.26. The predicted octanol–water partition coefficient (Wildman–Crippen LogP) is 0.989. The number of likely N-dealkylation sites (N-methyl/N-ethyl adjacent to an activating group) is 1. The van der Waals surface area contributed by atoms with Crippen LogP contribution in [-0.4, -0.2) is 44.0 Å². The lowest BCUT2D eigenvalue weighted by Crippen LogP contribution is -2.36. The number of hydrogen-bond acceptors (Lipinski definition) is 4. The Balaban J connectivity index is 2.10. The van der Waals surface area contributed by atoms with E-state index in [4.69, 9.17) is 0 Å². The van der Waals surface area contributed by atoms with Crippen molar-refractivity contribution >= 4 is 27.3 Å². The van der Waals surface area contributed by atoms with Gasteiger partial charge in [0.15, 0.2) is 9.84 Å². The molecule has 0 aromatic heterocycles. The zero-order valence-corrected chi connectivity index (χ0v) is 13.1. The van der Waals surface area contributed by atoms with Crippen LogP contribution in [0.3, 0.4) is 0 Å². The standard InChI is InChI=1S/C15H18N2O4S/c1-3-15(19)17(4-2)10-14(18)16-12-6-5-11-7-8-22(20,21)13(11)9-12/h3,5-6,9H,1,4,7-8,10H2,2H3,(H,16,18). The van der Waals surface area contributed by atoms with Crippen molar-refractivity contribution in [3.8, 4) is 0 Å². The fourth-order valence-corrected chi connectivity index (χ4v) is 3.92. The van der Waals surface area contributed by atoms with Gasteiger partial charge in [-0.2, -0.15) is 0 Å². The van der Waals surface area contributed by atoms with Gasteiger partial charge in [-0.1, -0.05) is 12.6 Å². The second kappa shape index (κ2) is 6.31. The average Bonchev–Trinajstić information content (AvgIpc) is 2.79. The molecule has 0 saturated carbocycles. The van der Waals surface area contributed by atoms with Gasteiger partial charge in [-0.25, -0.2) is 8.42 Å². The van der Waals surface area contributed by atoms with E-state index in [1.807, 2.05) is 0 Å². The van der Waals surface area contributed by atoms with Gasteiger partial charge >= 0.3 is 0 Å². The molecule has 0 saturated heterocycles. The van der Waals surface area contributed by atoms with E-state index < -0.39 is 9.84 Å². The van der Waals surface area contributed by atoms with Gasteiger partial charge < -0.3 is 10.2 Å². The summed E-state index contributed by atoms with van der Waals surface area (Å²) in [6.07, 6.45) is 1.65. The highest BCUT2D eigenvalue weighted by molar-refractivity contribution is 7.91. The summed E-state index contributed by atoms with van der Waals surface area (Å²) in [5.41, 5.74) is 1.19. The summed E-state index contributed by atoms with van der Waals surface area (Å²) in [7, 11) is -3.24. The molecule has 1 aromatic rings. The molecule has 1 aromatic carbocycles. The molecule has 0 fully saturated rings. The Hall–Kier alpha value is -2.15. The Morgan fingerprint density at radius 2 is 2.14 bits per heavy atom. The quantitative estimate of drug-likeness (QED) is 0.820. The minimum atomic E-state index is -3.24. The maximum atomic E-state index is 12.0. The molecule has 22 heavy (non-hydrogen) atoms. The smallest absolute Gasteiger partial charge is 0.246 e. The molecule has 0 spiro atoms. The van der Waals surface area contributed by atoms with Crippen LogP contribution >= 0.6 is 0 Å². The summed E-state index contributed by atoms with van der Waals surface area (Å²) in [6, 6.07) is 4.85. The normalized spacial score (nSPS) is 15.0. The van der Waals surface area contributed by atoms with Crippen molar-refractivity contribution in [3.63, 3.8) is 0 Å². The second-order valence-electron chi connectivity index (χ2n) is 5.00. The number of amides is 2.